The minimum Gasteiger partial charge on any atom is -0.490 e. The molecule has 35 heavy (non-hydrogen) atoms. The van der Waals surface area contributed by atoms with Crippen LogP contribution in [0.3, 0.4) is 0 Å². The van der Waals surface area contributed by atoms with Crippen LogP contribution in [0.15, 0.2) is 48.6 Å². The number of hydrogen-bond acceptors (Lipinski definition) is 4. The van der Waals surface area contributed by atoms with Gasteiger partial charge in [-0.05, 0) is 73.6 Å². The minimum absolute atomic E-state index is 0.00155. The molecule has 1 aliphatic heterocycles. The van der Waals surface area contributed by atoms with Crippen LogP contribution < -0.4 is 4.74 Å². The maximum atomic E-state index is 14.6. The van der Waals surface area contributed by atoms with Crippen molar-refractivity contribution in [3.05, 3.63) is 76.9 Å². The Hall–Kier alpha value is -2.77. The molecule has 0 bridgehead atoms. The Bertz CT molecular complexity index is 1140. The van der Waals surface area contributed by atoms with Gasteiger partial charge < -0.3 is 20.1 Å². The average molecular weight is 485 g/mol. The molecule has 3 N–H and O–H groups in total. The fourth-order valence-electron chi connectivity index (χ4n) is 6.16. The van der Waals surface area contributed by atoms with Crippen molar-refractivity contribution in [2.75, 3.05) is 0 Å². The highest BCUT2D eigenvalue weighted by Crippen LogP contribution is 2.48. The van der Waals surface area contributed by atoms with Gasteiger partial charge in [0.05, 0.1) is 17.8 Å². The second kappa shape index (κ2) is 9.36. The number of aliphatic hydroxyl groups excluding tert-OH is 2. The van der Waals surface area contributed by atoms with E-state index in [4.69, 9.17) is 4.74 Å². The second-order valence-electron chi connectivity index (χ2n) is 10.2. The zero-order chi connectivity index (χ0) is 24.7. The Morgan fingerprint density at radius 1 is 1.14 bits per heavy atom. The van der Waals surface area contributed by atoms with Gasteiger partial charge in [0.15, 0.2) is 0 Å². The SMILES string of the molecule is O=C(O)c1ccc2c(c1)O[C@H]1C[C@@H](O)[C@H](/C=C/C(O)C3(c4cc(F)ccc4F)CCC3)[C@H]1CCC2. The Morgan fingerprint density at radius 2 is 1.94 bits per heavy atom. The van der Waals surface area contributed by atoms with Crippen LogP contribution in [0, 0.1) is 23.5 Å². The lowest BCUT2D eigenvalue weighted by molar-refractivity contribution is 0.0584. The van der Waals surface area contributed by atoms with Crippen molar-refractivity contribution in [2.45, 2.75) is 68.7 Å². The highest BCUT2D eigenvalue weighted by atomic mass is 19.1. The van der Waals surface area contributed by atoms with Crippen molar-refractivity contribution in [3.63, 3.8) is 0 Å². The van der Waals surface area contributed by atoms with E-state index in [9.17, 15) is 28.9 Å². The summed E-state index contributed by atoms with van der Waals surface area (Å²) >= 11 is 0. The fourth-order valence-corrected chi connectivity index (χ4v) is 6.16. The van der Waals surface area contributed by atoms with Gasteiger partial charge in [0.2, 0.25) is 0 Å². The highest BCUT2D eigenvalue weighted by molar-refractivity contribution is 5.88. The molecule has 2 saturated carbocycles. The lowest BCUT2D eigenvalue weighted by Gasteiger charge is -2.45. The van der Waals surface area contributed by atoms with Crippen molar-refractivity contribution in [3.8, 4) is 5.75 Å². The van der Waals surface area contributed by atoms with Gasteiger partial charge in [0.25, 0.3) is 0 Å². The van der Waals surface area contributed by atoms with E-state index in [1.54, 1.807) is 24.3 Å². The van der Waals surface area contributed by atoms with Crippen LogP contribution in [0.25, 0.3) is 0 Å². The predicted molar refractivity (Wildman–Crippen MR) is 125 cm³/mol. The van der Waals surface area contributed by atoms with Crippen molar-refractivity contribution in [1.29, 1.82) is 0 Å². The number of benzene rings is 2. The van der Waals surface area contributed by atoms with Crippen molar-refractivity contribution in [2.24, 2.45) is 11.8 Å². The zero-order valence-corrected chi connectivity index (χ0v) is 19.4. The number of hydrogen-bond donors (Lipinski definition) is 3. The molecule has 0 amide bonds. The molecule has 5 nitrogen and oxygen atoms in total. The number of fused-ring (bicyclic) bond motifs is 2. The van der Waals surface area contributed by atoms with Crippen molar-refractivity contribution in [1.82, 2.24) is 0 Å². The Kier molecular flexibility index (Phi) is 6.40. The molecule has 1 unspecified atom stereocenters. The van der Waals surface area contributed by atoms with E-state index in [-0.39, 0.29) is 29.1 Å². The topological polar surface area (TPSA) is 87.0 Å². The van der Waals surface area contributed by atoms with E-state index < -0.39 is 35.2 Å². The van der Waals surface area contributed by atoms with Crippen LogP contribution in [-0.2, 0) is 11.8 Å². The van der Waals surface area contributed by atoms with E-state index in [0.717, 1.165) is 43.4 Å². The summed E-state index contributed by atoms with van der Waals surface area (Å²) in [6.45, 7) is 0. The molecule has 0 aromatic heterocycles. The molecule has 2 fully saturated rings. The molecule has 3 aliphatic rings. The first-order valence-electron chi connectivity index (χ1n) is 12.3. The normalized spacial score (nSPS) is 28.2. The first kappa shape index (κ1) is 23.9. The molecule has 2 aromatic rings. The monoisotopic (exact) mass is 484 g/mol. The first-order chi connectivity index (χ1) is 16.8. The number of ether oxygens (including phenoxy) is 1. The number of carbonyl (C=O) groups is 1. The highest BCUT2D eigenvalue weighted by Gasteiger charge is 2.47. The smallest absolute Gasteiger partial charge is 0.335 e. The van der Waals surface area contributed by atoms with Crippen LogP contribution in [0.2, 0.25) is 0 Å². The zero-order valence-electron chi connectivity index (χ0n) is 19.4. The van der Waals surface area contributed by atoms with Crippen molar-refractivity contribution < 1.29 is 33.6 Å². The summed E-state index contributed by atoms with van der Waals surface area (Å²) in [7, 11) is 0. The Morgan fingerprint density at radius 3 is 2.66 bits per heavy atom. The summed E-state index contributed by atoms with van der Waals surface area (Å²) in [4.78, 5) is 11.4. The third-order valence-corrected chi connectivity index (χ3v) is 8.26. The predicted octanol–water partition coefficient (Wildman–Crippen LogP) is 4.78. The van der Waals surface area contributed by atoms with Crippen LogP contribution in [0.5, 0.6) is 5.75 Å². The lowest BCUT2D eigenvalue weighted by Crippen LogP contribution is -2.45. The Balaban J connectivity index is 1.36. The maximum Gasteiger partial charge on any atom is 0.335 e. The molecule has 2 aliphatic carbocycles. The summed E-state index contributed by atoms with van der Waals surface area (Å²) in [5.41, 5.74) is 0.455. The Labute approximate surface area is 203 Å². The third kappa shape index (κ3) is 4.36. The number of aliphatic hydroxyl groups is 2. The molecule has 0 spiro atoms. The molecule has 7 heteroatoms. The molecule has 186 valence electrons. The summed E-state index contributed by atoms with van der Waals surface area (Å²) < 4.78 is 34.7. The molecule has 2 aromatic carbocycles. The van der Waals surface area contributed by atoms with Crippen LogP contribution in [-0.4, -0.2) is 39.6 Å². The molecule has 0 radical (unpaired) electrons. The van der Waals surface area contributed by atoms with Gasteiger partial charge in [-0.1, -0.05) is 24.6 Å². The van der Waals surface area contributed by atoms with E-state index >= 15 is 0 Å². The summed E-state index contributed by atoms with van der Waals surface area (Å²) in [5, 5.41) is 31.3. The fraction of sp³-hybridized carbons (Fsp3) is 0.464. The number of carboxylic acids is 1. The van der Waals surface area contributed by atoms with E-state index in [2.05, 4.69) is 0 Å². The van der Waals surface area contributed by atoms with Crippen LogP contribution >= 0.6 is 0 Å². The van der Waals surface area contributed by atoms with E-state index in [1.807, 2.05) is 6.08 Å². The van der Waals surface area contributed by atoms with Crippen LogP contribution in [0.1, 0.15) is 60.0 Å². The summed E-state index contributed by atoms with van der Waals surface area (Å²) in [5.74, 6) is -1.78. The number of halogens is 2. The van der Waals surface area contributed by atoms with Gasteiger partial charge in [0.1, 0.15) is 23.5 Å². The molecular formula is C28H30F2O5. The minimum atomic E-state index is -1.02. The summed E-state index contributed by atoms with van der Waals surface area (Å²) in [6, 6.07) is 8.28. The standard InChI is InChI=1S/C28H30F2O5/c29-18-7-9-22(30)21(14-18)28(11-2-12-28)26(32)10-8-19-20-4-1-3-16-5-6-17(27(33)34)13-24(16)35-25(20)15-23(19)31/h5-10,13-14,19-20,23,25-26,31-32H,1-4,11-12,15H2,(H,33,34)/b10-8+/t19-,20-,23-,25+,26?/m1/s1. The summed E-state index contributed by atoms with van der Waals surface area (Å²) in [6.07, 6.45) is 6.25. The van der Waals surface area contributed by atoms with Gasteiger partial charge in [-0.3, -0.25) is 0 Å². The lowest BCUT2D eigenvalue weighted by atomic mass is 9.60. The first-order valence-corrected chi connectivity index (χ1v) is 12.3. The average Bonchev–Trinajstić information content (AvgIpc) is 3.06. The molecule has 5 atom stereocenters. The maximum absolute atomic E-state index is 14.6. The van der Waals surface area contributed by atoms with Gasteiger partial charge >= 0.3 is 5.97 Å². The number of aromatic carboxylic acids is 1. The quantitative estimate of drug-likeness (QED) is 0.532. The molecule has 0 saturated heterocycles. The van der Waals surface area contributed by atoms with E-state index in [0.29, 0.717) is 25.0 Å². The number of rotatable bonds is 5. The largest absolute Gasteiger partial charge is 0.490 e. The van der Waals surface area contributed by atoms with Gasteiger partial charge in [-0.2, -0.15) is 0 Å². The molecule has 5 rings (SSSR count). The second-order valence-corrected chi connectivity index (χ2v) is 10.2. The van der Waals surface area contributed by atoms with Gasteiger partial charge in [-0.25, -0.2) is 13.6 Å². The third-order valence-electron chi connectivity index (χ3n) is 8.26. The van der Waals surface area contributed by atoms with Crippen LogP contribution in [0.4, 0.5) is 8.78 Å². The van der Waals surface area contributed by atoms with Gasteiger partial charge in [-0.15, -0.1) is 0 Å². The molecule has 1 heterocycles. The number of aryl methyl sites for hydroxylation is 1. The molecular weight excluding hydrogens is 454 g/mol. The number of carboxylic acid groups (broad SMARTS) is 1. The van der Waals surface area contributed by atoms with Crippen molar-refractivity contribution >= 4 is 5.97 Å². The van der Waals surface area contributed by atoms with E-state index in [1.165, 1.54) is 6.07 Å². The van der Waals surface area contributed by atoms with Gasteiger partial charge in [0, 0.05) is 23.7 Å².